The van der Waals surface area contributed by atoms with E-state index in [-0.39, 0.29) is 5.75 Å². The van der Waals surface area contributed by atoms with Crippen molar-refractivity contribution in [2.75, 3.05) is 6.54 Å². The van der Waals surface area contributed by atoms with Crippen LogP contribution in [-0.2, 0) is 19.5 Å². The number of phenols is 1. The highest BCUT2D eigenvalue weighted by Gasteiger charge is 2.02. The van der Waals surface area contributed by atoms with Gasteiger partial charge in [-0.3, -0.25) is 0 Å². The molecule has 0 amide bonds. The van der Waals surface area contributed by atoms with Crippen molar-refractivity contribution in [2.24, 2.45) is 4.99 Å². The summed E-state index contributed by atoms with van der Waals surface area (Å²) in [7, 11) is 0. The van der Waals surface area contributed by atoms with E-state index in [0.29, 0.717) is 13.1 Å². The maximum atomic E-state index is 9.28. The van der Waals surface area contributed by atoms with E-state index in [1.165, 1.54) is 4.88 Å². The number of aliphatic imine (C=N–C) groups is 1. The molecule has 0 fully saturated rings. The highest BCUT2D eigenvalue weighted by atomic mass is 32.1. The van der Waals surface area contributed by atoms with Crippen molar-refractivity contribution in [1.82, 2.24) is 15.6 Å². The molecule has 0 saturated carbocycles. The van der Waals surface area contributed by atoms with Crippen LogP contribution >= 0.6 is 11.3 Å². The molecule has 1 aromatic carbocycles. The number of thiazole rings is 1. The van der Waals surface area contributed by atoms with Crippen LogP contribution in [0.25, 0.3) is 0 Å². The molecule has 0 saturated heterocycles. The summed E-state index contributed by atoms with van der Waals surface area (Å²) in [6.45, 7) is 6.21. The SMILES string of the molecule is CCNC(=NCc1ccc(O)cc1)NCc1ncc(CC)s1. The third-order valence-electron chi connectivity index (χ3n) is 3.06. The maximum Gasteiger partial charge on any atom is 0.191 e. The van der Waals surface area contributed by atoms with Gasteiger partial charge in [0.1, 0.15) is 10.8 Å². The fraction of sp³-hybridized carbons (Fsp3) is 0.375. The molecule has 0 spiro atoms. The minimum Gasteiger partial charge on any atom is -0.508 e. The molecule has 118 valence electrons. The maximum absolute atomic E-state index is 9.28. The molecule has 0 unspecified atom stereocenters. The molecule has 0 aliphatic carbocycles. The van der Waals surface area contributed by atoms with Gasteiger partial charge in [-0.1, -0.05) is 19.1 Å². The quantitative estimate of drug-likeness (QED) is 0.566. The second-order valence-electron chi connectivity index (χ2n) is 4.79. The summed E-state index contributed by atoms with van der Waals surface area (Å²) in [5.74, 6) is 1.04. The summed E-state index contributed by atoms with van der Waals surface area (Å²) in [6, 6.07) is 7.09. The van der Waals surface area contributed by atoms with E-state index in [2.05, 4.69) is 27.5 Å². The van der Waals surface area contributed by atoms with Gasteiger partial charge in [-0.15, -0.1) is 11.3 Å². The van der Waals surface area contributed by atoms with E-state index < -0.39 is 0 Å². The summed E-state index contributed by atoms with van der Waals surface area (Å²) in [6.07, 6.45) is 2.95. The van der Waals surface area contributed by atoms with Crippen LogP contribution in [0.15, 0.2) is 35.5 Å². The highest BCUT2D eigenvalue weighted by molar-refractivity contribution is 7.11. The fourth-order valence-electron chi connectivity index (χ4n) is 1.87. The predicted molar refractivity (Wildman–Crippen MR) is 91.3 cm³/mol. The van der Waals surface area contributed by atoms with Gasteiger partial charge in [0.25, 0.3) is 0 Å². The third kappa shape index (κ3) is 5.04. The molecule has 0 bridgehead atoms. The van der Waals surface area contributed by atoms with E-state index in [1.54, 1.807) is 23.5 Å². The van der Waals surface area contributed by atoms with E-state index in [1.807, 2.05) is 25.3 Å². The molecule has 0 aliphatic heterocycles. The van der Waals surface area contributed by atoms with E-state index in [0.717, 1.165) is 29.5 Å². The molecule has 1 heterocycles. The number of hydrogen-bond donors (Lipinski definition) is 3. The first-order chi connectivity index (χ1) is 10.7. The molecular weight excluding hydrogens is 296 g/mol. The number of nitrogens with one attached hydrogen (secondary N) is 2. The number of aryl methyl sites for hydroxylation is 1. The lowest BCUT2D eigenvalue weighted by molar-refractivity contribution is 0.475. The van der Waals surface area contributed by atoms with E-state index in [9.17, 15) is 5.11 Å². The second kappa shape index (κ2) is 8.38. The lowest BCUT2D eigenvalue weighted by Gasteiger charge is -2.10. The average molecular weight is 318 g/mol. The molecule has 0 atom stereocenters. The Labute approximate surface area is 135 Å². The molecule has 0 radical (unpaired) electrons. The number of aromatic hydroxyl groups is 1. The van der Waals surface area contributed by atoms with E-state index in [4.69, 9.17) is 0 Å². The van der Waals surface area contributed by atoms with Gasteiger partial charge < -0.3 is 15.7 Å². The van der Waals surface area contributed by atoms with Crippen LogP contribution in [0.3, 0.4) is 0 Å². The molecule has 3 N–H and O–H groups in total. The van der Waals surface area contributed by atoms with Crippen molar-refractivity contribution in [3.8, 4) is 5.75 Å². The zero-order valence-corrected chi connectivity index (χ0v) is 13.8. The van der Waals surface area contributed by atoms with Gasteiger partial charge in [0, 0.05) is 17.6 Å². The Kier molecular flexibility index (Phi) is 6.21. The molecule has 22 heavy (non-hydrogen) atoms. The molecule has 2 rings (SSSR count). The van der Waals surface area contributed by atoms with Gasteiger partial charge in [0.15, 0.2) is 5.96 Å². The predicted octanol–water partition coefficient (Wildman–Crippen LogP) is 2.67. The average Bonchev–Trinajstić information content (AvgIpc) is 3.00. The Bertz CT molecular complexity index is 607. The van der Waals surface area contributed by atoms with E-state index >= 15 is 0 Å². The van der Waals surface area contributed by atoms with Crippen LogP contribution in [0, 0.1) is 0 Å². The molecule has 6 heteroatoms. The number of phenolic OH excluding ortho intramolecular Hbond substituents is 1. The number of guanidine groups is 1. The first-order valence-electron chi connectivity index (χ1n) is 7.45. The summed E-state index contributed by atoms with van der Waals surface area (Å²) in [5.41, 5.74) is 1.05. The molecule has 2 aromatic rings. The monoisotopic (exact) mass is 318 g/mol. The van der Waals surface area contributed by atoms with Crippen LogP contribution in [0.4, 0.5) is 0 Å². The Morgan fingerprint density at radius 1 is 1.23 bits per heavy atom. The van der Waals surface area contributed by atoms with Crippen LogP contribution < -0.4 is 10.6 Å². The smallest absolute Gasteiger partial charge is 0.191 e. The van der Waals surface area contributed by atoms with Gasteiger partial charge in [0.2, 0.25) is 0 Å². The minimum atomic E-state index is 0.272. The first kappa shape index (κ1) is 16.3. The van der Waals surface area contributed by atoms with Crippen molar-refractivity contribution in [2.45, 2.75) is 33.4 Å². The topological polar surface area (TPSA) is 69.5 Å². The molecule has 1 aromatic heterocycles. The zero-order chi connectivity index (χ0) is 15.8. The lowest BCUT2D eigenvalue weighted by atomic mass is 10.2. The van der Waals surface area contributed by atoms with Crippen LogP contribution in [0.5, 0.6) is 5.75 Å². The number of benzene rings is 1. The zero-order valence-electron chi connectivity index (χ0n) is 13.0. The Hall–Kier alpha value is -2.08. The molecular formula is C16H22N4OS. The fourth-order valence-corrected chi connectivity index (χ4v) is 2.67. The largest absolute Gasteiger partial charge is 0.508 e. The number of aromatic nitrogens is 1. The van der Waals surface area contributed by atoms with Crippen molar-refractivity contribution in [3.05, 3.63) is 45.9 Å². The summed E-state index contributed by atoms with van der Waals surface area (Å²) >= 11 is 1.72. The Morgan fingerprint density at radius 2 is 2.00 bits per heavy atom. The highest BCUT2D eigenvalue weighted by Crippen LogP contribution is 2.13. The van der Waals surface area contributed by atoms with Crippen LogP contribution in [0.2, 0.25) is 0 Å². The van der Waals surface area contributed by atoms with Crippen molar-refractivity contribution in [3.63, 3.8) is 0 Å². The standard InChI is InChI=1S/C16H22N4OS/c1-3-14-10-18-15(22-14)11-20-16(17-4-2)19-9-12-5-7-13(21)8-6-12/h5-8,10,21H,3-4,9,11H2,1-2H3,(H2,17,19,20). The van der Waals surface area contributed by atoms with Crippen molar-refractivity contribution < 1.29 is 5.11 Å². The molecule has 5 nitrogen and oxygen atoms in total. The number of rotatable bonds is 6. The normalized spacial score (nSPS) is 11.5. The number of hydrogen-bond acceptors (Lipinski definition) is 4. The first-order valence-corrected chi connectivity index (χ1v) is 8.26. The van der Waals surface area contributed by atoms with Gasteiger partial charge in [0.05, 0.1) is 13.1 Å². The van der Waals surface area contributed by atoms with Crippen LogP contribution in [-0.4, -0.2) is 22.6 Å². The third-order valence-corrected chi connectivity index (χ3v) is 4.20. The van der Waals surface area contributed by atoms with Gasteiger partial charge in [-0.2, -0.15) is 0 Å². The van der Waals surface area contributed by atoms with Crippen molar-refractivity contribution >= 4 is 17.3 Å². The Morgan fingerprint density at radius 3 is 2.64 bits per heavy atom. The van der Waals surface area contributed by atoms with Gasteiger partial charge in [-0.25, -0.2) is 9.98 Å². The second-order valence-corrected chi connectivity index (χ2v) is 5.99. The summed E-state index contributed by atoms with van der Waals surface area (Å²) in [4.78, 5) is 10.2. The summed E-state index contributed by atoms with van der Waals surface area (Å²) in [5, 5.41) is 16.9. The van der Waals surface area contributed by atoms with Crippen molar-refractivity contribution in [1.29, 1.82) is 0 Å². The van der Waals surface area contributed by atoms with Crippen LogP contribution in [0.1, 0.15) is 29.3 Å². The lowest BCUT2D eigenvalue weighted by Crippen LogP contribution is -2.36. The van der Waals surface area contributed by atoms with Gasteiger partial charge in [-0.05, 0) is 31.0 Å². The minimum absolute atomic E-state index is 0.272. The Balaban J connectivity index is 1.93. The van der Waals surface area contributed by atoms with Gasteiger partial charge >= 0.3 is 0 Å². The number of nitrogens with zero attached hydrogens (tertiary/aromatic N) is 2. The molecule has 0 aliphatic rings. The summed E-state index contributed by atoms with van der Waals surface area (Å²) < 4.78 is 0.